The fourth-order valence-corrected chi connectivity index (χ4v) is 1.89. The molecule has 16 heavy (non-hydrogen) atoms. The van der Waals surface area contributed by atoms with E-state index >= 15 is 0 Å². The number of benzene rings is 1. The summed E-state index contributed by atoms with van der Waals surface area (Å²) in [4.78, 5) is 11.5. The fourth-order valence-electron chi connectivity index (χ4n) is 1.89. The second-order valence-electron chi connectivity index (χ2n) is 3.88. The SMILES string of the molecule is CNC(=O)c1cc2c(C)ccc(C)c2n1O. The van der Waals surface area contributed by atoms with Gasteiger partial charge in [0.1, 0.15) is 5.69 Å². The van der Waals surface area contributed by atoms with Crippen LogP contribution in [0, 0.1) is 13.8 Å². The molecule has 0 aliphatic carbocycles. The maximum absolute atomic E-state index is 11.5. The molecule has 0 fully saturated rings. The molecule has 0 bridgehead atoms. The first-order chi connectivity index (χ1) is 7.56. The summed E-state index contributed by atoms with van der Waals surface area (Å²) in [7, 11) is 1.54. The van der Waals surface area contributed by atoms with Gasteiger partial charge in [0.2, 0.25) is 0 Å². The van der Waals surface area contributed by atoms with Gasteiger partial charge in [-0.25, -0.2) is 0 Å². The number of carbonyl (C=O) groups is 1. The van der Waals surface area contributed by atoms with Crippen LogP contribution in [0.4, 0.5) is 0 Å². The number of fused-ring (bicyclic) bond motifs is 1. The van der Waals surface area contributed by atoms with Crippen molar-refractivity contribution >= 4 is 16.8 Å². The normalized spacial score (nSPS) is 10.7. The summed E-state index contributed by atoms with van der Waals surface area (Å²) >= 11 is 0. The van der Waals surface area contributed by atoms with Gasteiger partial charge in [0.25, 0.3) is 5.91 Å². The lowest BCUT2D eigenvalue weighted by molar-refractivity contribution is 0.0918. The molecule has 1 aromatic heterocycles. The Morgan fingerprint density at radius 2 is 1.94 bits per heavy atom. The van der Waals surface area contributed by atoms with E-state index in [2.05, 4.69) is 5.32 Å². The number of hydrogen-bond acceptors (Lipinski definition) is 2. The summed E-state index contributed by atoms with van der Waals surface area (Å²) in [5, 5.41) is 13.4. The van der Waals surface area contributed by atoms with E-state index in [-0.39, 0.29) is 11.6 Å². The first kappa shape index (κ1) is 10.5. The van der Waals surface area contributed by atoms with Gasteiger partial charge in [0, 0.05) is 12.4 Å². The van der Waals surface area contributed by atoms with Crippen LogP contribution in [-0.4, -0.2) is 22.9 Å². The lowest BCUT2D eigenvalue weighted by Crippen LogP contribution is -2.20. The molecule has 2 N–H and O–H groups in total. The maximum Gasteiger partial charge on any atom is 0.271 e. The number of rotatable bonds is 1. The van der Waals surface area contributed by atoms with Crippen molar-refractivity contribution in [3.05, 3.63) is 35.0 Å². The van der Waals surface area contributed by atoms with E-state index in [0.717, 1.165) is 21.2 Å². The molecule has 0 unspecified atom stereocenters. The van der Waals surface area contributed by atoms with E-state index in [1.54, 1.807) is 13.1 Å². The Morgan fingerprint density at radius 3 is 2.50 bits per heavy atom. The highest BCUT2D eigenvalue weighted by molar-refractivity contribution is 5.99. The standard InChI is InChI=1S/C12H14N2O2/c1-7-4-5-8(2)11-9(7)6-10(14(11)16)12(15)13-3/h4-6,16H,1-3H3,(H,13,15). The number of aromatic nitrogens is 1. The van der Waals surface area contributed by atoms with Crippen LogP contribution < -0.4 is 5.32 Å². The first-order valence-corrected chi connectivity index (χ1v) is 5.09. The molecule has 0 aliphatic rings. The van der Waals surface area contributed by atoms with Crippen LogP contribution >= 0.6 is 0 Å². The highest BCUT2D eigenvalue weighted by atomic mass is 16.5. The second-order valence-corrected chi connectivity index (χ2v) is 3.88. The molecule has 4 nitrogen and oxygen atoms in total. The van der Waals surface area contributed by atoms with Crippen molar-refractivity contribution in [2.75, 3.05) is 7.05 Å². The Morgan fingerprint density at radius 1 is 1.31 bits per heavy atom. The number of nitrogens with one attached hydrogen (secondary N) is 1. The molecular formula is C12H14N2O2. The number of amides is 1. The minimum atomic E-state index is -0.294. The zero-order chi connectivity index (χ0) is 11.9. The summed E-state index contributed by atoms with van der Waals surface area (Å²) in [6.07, 6.45) is 0. The summed E-state index contributed by atoms with van der Waals surface area (Å²) < 4.78 is 0.955. The second kappa shape index (κ2) is 3.56. The molecule has 2 rings (SSSR count). The van der Waals surface area contributed by atoms with Crippen molar-refractivity contribution in [1.29, 1.82) is 0 Å². The molecule has 84 valence electrons. The Balaban J connectivity index is 2.82. The van der Waals surface area contributed by atoms with Crippen molar-refractivity contribution in [3.63, 3.8) is 0 Å². The third kappa shape index (κ3) is 1.34. The Kier molecular flexibility index (Phi) is 2.34. The molecule has 0 radical (unpaired) electrons. The smallest absolute Gasteiger partial charge is 0.271 e. The monoisotopic (exact) mass is 218 g/mol. The predicted molar refractivity (Wildman–Crippen MR) is 62.0 cm³/mol. The molecule has 2 aromatic rings. The van der Waals surface area contributed by atoms with Gasteiger partial charge in [-0.15, -0.1) is 0 Å². The number of carbonyl (C=O) groups excluding carboxylic acids is 1. The van der Waals surface area contributed by atoms with Crippen LogP contribution in [0.25, 0.3) is 10.9 Å². The third-order valence-electron chi connectivity index (χ3n) is 2.82. The predicted octanol–water partition coefficient (Wildman–Crippen LogP) is 1.86. The minimum absolute atomic E-state index is 0.259. The largest absolute Gasteiger partial charge is 0.428 e. The number of aryl methyl sites for hydroxylation is 2. The first-order valence-electron chi connectivity index (χ1n) is 5.09. The Labute approximate surface area is 93.5 Å². The van der Waals surface area contributed by atoms with Crippen molar-refractivity contribution in [2.24, 2.45) is 0 Å². The van der Waals surface area contributed by atoms with E-state index in [4.69, 9.17) is 0 Å². The summed E-state index contributed by atoms with van der Waals surface area (Å²) in [5.41, 5.74) is 2.94. The van der Waals surface area contributed by atoms with Gasteiger partial charge >= 0.3 is 0 Å². The molecule has 0 saturated carbocycles. The molecule has 0 atom stereocenters. The molecule has 0 saturated heterocycles. The molecule has 1 amide bonds. The van der Waals surface area contributed by atoms with Crippen molar-refractivity contribution in [3.8, 4) is 0 Å². The third-order valence-corrected chi connectivity index (χ3v) is 2.82. The van der Waals surface area contributed by atoms with E-state index in [1.165, 1.54) is 0 Å². The van der Waals surface area contributed by atoms with Gasteiger partial charge in [-0.05, 0) is 31.0 Å². The van der Waals surface area contributed by atoms with Crippen molar-refractivity contribution in [1.82, 2.24) is 10.0 Å². The quantitative estimate of drug-likeness (QED) is 0.718. The highest BCUT2D eigenvalue weighted by Crippen LogP contribution is 2.25. The molecule has 1 aromatic carbocycles. The van der Waals surface area contributed by atoms with E-state index in [1.807, 2.05) is 26.0 Å². The topological polar surface area (TPSA) is 54.3 Å². The number of hydrogen-bond donors (Lipinski definition) is 2. The number of nitrogens with zero attached hydrogens (tertiary/aromatic N) is 1. The van der Waals surface area contributed by atoms with Gasteiger partial charge in [-0.3, -0.25) is 4.79 Å². The summed E-state index contributed by atoms with van der Waals surface area (Å²) in [6, 6.07) is 5.61. The highest BCUT2D eigenvalue weighted by Gasteiger charge is 2.16. The maximum atomic E-state index is 11.5. The Bertz CT molecular complexity index is 570. The molecular weight excluding hydrogens is 204 g/mol. The molecule has 4 heteroatoms. The molecule has 1 heterocycles. The molecule has 0 aliphatic heterocycles. The lowest BCUT2D eigenvalue weighted by Gasteiger charge is -2.03. The van der Waals surface area contributed by atoms with Gasteiger partial charge in [0.15, 0.2) is 0 Å². The average Bonchev–Trinajstić information content (AvgIpc) is 2.62. The van der Waals surface area contributed by atoms with Gasteiger partial charge in [-0.1, -0.05) is 12.1 Å². The zero-order valence-electron chi connectivity index (χ0n) is 9.53. The average molecular weight is 218 g/mol. The lowest BCUT2D eigenvalue weighted by atomic mass is 10.1. The van der Waals surface area contributed by atoms with Crippen LogP contribution in [0.1, 0.15) is 21.6 Å². The van der Waals surface area contributed by atoms with Crippen LogP contribution in [0.3, 0.4) is 0 Å². The molecule has 0 spiro atoms. The zero-order valence-corrected chi connectivity index (χ0v) is 9.53. The van der Waals surface area contributed by atoms with Crippen LogP contribution in [0.5, 0.6) is 0 Å². The minimum Gasteiger partial charge on any atom is -0.428 e. The van der Waals surface area contributed by atoms with Crippen LogP contribution in [0.2, 0.25) is 0 Å². The Hall–Kier alpha value is -1.97. The van der Waals surface area contributed by atoms with Crippen LogP contribution in [-0.2, 0) is 0 Å². The van der Waals surface area contributed by atoms with E-state index < -0.39 is 0 Å². The van der Waals surface area contributed by atoms with Gasteiger partial charge < -0.3 is 10.5 Å². The van der Waals surface area contributed by atoms with Crippen molar-refractivity contribution in [2.45, 2.75) is 13.8 Å². The fraction of sp³-hybridized carbons (Fsp3) is 0.250. The van der Waals surface area contributed by atoms with E-state index in [0.29, 0.717) is 5.52 Å². The summed E-state index contributed by atoms with van der Waals surface area (Å²) in [6.45, 7) is 3.86. The van der Waals surface area contributed by atoms with E-state index in [9.17, 15) is 10.0 Å². The van der Waals surface area contributed by atoms with Gasteiger partial charge in [0.05, 0.1) is 5.52 Å². The van der Waals surface area contributed by atoms with Crippen molar-refractivity contribution < 1.29 is 10.0 Å². The summed E-state index contributed by atoms with van der Waals surface area (Å²) in [5.74, 6) is -0.294. The van der Waals surface area contributed by atoms with Gasteiger partial charge in [-0.2, -0.15) is 4.73 Å². The van der Waals surface area contributed by atoms with Crippen LogP contribution in [0.15, 0.2) is 18.2 Å².